The van der Waals surface area contributed by atoms with Crippen molar-refractivity contribution in [3.63, 3.8) is 0 Å². The third-order valence-electron chi connectivity index (χ3n) is 3.84. The molecule has 0 unspecified atom stereocenters. The number of nitrogens with zero attached hydrogens (tertiary/aromatic N) is 3. The summed E-state index contributed by atoms with van der Waals surface area (Å²) in [6.07, 6.45) is 1.12. The van der Waals surface area contributed by atoms with Crippen LogP contribution in [0.25, 0.3) is 0 Å². The summed E-state index contributed by atoms with van der Waals surface area (Å²) in [5.41, 5.74) is 2.38. The molecule has 0 saturated heterocycles. The number of aryl methyl sites for hydroxylation is 1. The molecule has 1 heterocycles. The van der Waals surface area contributed by atoms with Crippen LogP contribution in [0.15, 0.2) is 35.4 Å². The normalized spacial score (nSPS) is 11.4. The van der Waals surface area contributed by atoms with Crippen LogP contribution in [0.3, 0.4) is 0 Å². The molecule has 1 N–H and O–H groups in total. The Kier molecular flexibility index (Phi) is 5.64. The Morgan fingerprint density at radius 1 is 1.07 bits per heavy atom. The van der Waals surface area contributed by atoms with Gasteiger partial charge < -0.3 is 0 Å². The smallest absolute Gasteiger partial charge is 0.186 e. The first-order chi connectivity index (χ1) is 13.3. The molecule has 10 heteroatoms. The lowest BCUT2D eigenvalue weighted by Gasteiger charge is -2.05. The van der Waals surface area contributed by atoms with Gasteiger partial charge in [-0.1, -0.05) is 23.7 Å². The van der Waals surface area contributed by atoms with E-state index in [9.17, 15) is 22.0 Å². The molecule has 1 aromatic heterocycles. The summed E-state index contributed by atoms with van der Waals surface area (Å²) >= 11 is 6.24. The second-order valence-corrected chi connectivity index (χ2v) is 6.15. The van der Waals surface area contributed by atoms with E-state index in [4.69, 9.17) is 11.6 Å². The molecule has 0 amide bonds. The molecule has 0 spiro atoms. The lowest BCUT2D eigenvalue weighted by Crippen LogP contribution is -2.03. The van der Waals surface area contributed by atoms with Crippen molar-refractivity contribution in [1.82, 2.24) is 9.78 Å². The number of halogens is 6. The number of hydrazone groups is 1. The van der Waals surface area contributed by atoms with Crippen molar-refractivity contribution in [1.29, 1.82) is 0 Å². The van der Waals surface area contributed by atoms with E-state index in [1.54, 1.807) is 19.1 Å². The maximum atomic E-state index is 13.6. The largest absolute Gasteiger partial charge is 0.272 e. The fourth-order valence-electron chi connectivity index (χ4n) is 2.41. The van der Waals surface area contributed by atoms with Gasteiger partial charge in [-0.05, 0) is 24.6 Å². The van der Waals surface area contributed by atoms with E-state index < -0.39 is 29.0 Å². The number of benzene rings is 2. The molecular weight excluding hydrogens is 403 g/mol. The Labute approximate surface area is 161 Å². The van der Waals surface area contributed by atoms with Crippen molar-refractivity contribution >= 4 is 23.5 Å². The van der Waals surface area contributed by atoms with Crippen molar-refractivity contribution in [2.75, 3.05) is 5.43 Å². The fraction of sp³-hybridized carbons (Fsp3) is 0.111. The van der Waals surface area contributed by atoms with Crippen LogP contribution in [-0.4, -0.2) is 16.0 Å². The van der Waals surface area contributed by atoms with Crippen LogP contribution >= 0.6 is 11.6 Å². The minimum absolute atomic E-state index is 0.0973. The minimum Gasteiger partial charge on any atom is -0.272 e. The summed E-state index contributed by atoms with van der Waals surface area (Å²) in [6.45, 7) is 1.87. The molecule has 0 atom stereocenters. The zero-order chi connectivity index (χ0) is 20.4. The van der Waals surface area contributed by atoms with Gasteiger partial charge in [0, 0.05) is 6.07 Å². The predicted octanol–water partition coefficient (Wildman–Crippen LogP) is 5.03. The SMILES string of the molecule is Cc1nn(Cc2ccc(F)cc2)c(Cl)c1C=NNc1c(F)c(F)cc(F)c1F. The van der Waals surface area contributed by atoms with Gasteiger partial charge >= 0.3 is 0 Å². The summed E-state index contributed by atoms with van der Waals surface area (Å²) in [6, 6.07) is 5.84. The van der Waals surface area contributed by atoms with Crippen molar-refractivity contribution in [3.05, 3.63) is 81.4 Å². The molecule has 0 bridgehead atoms. The summed E-state index contributed by atoms with van der Waals surface area (Å²) in [5.74, 6) is -6.70. The van der Waals surface area contributed by atoms with Crippen LogP contribution in [0.5, 0.6) is 0 Å². The lowest BCUT2D eigenvalue weighted by molar-refractivity contribution is 0.458. The van der Waals surface area contributed by atoms with E-state index in [-0.39, 0.29) is 23.6 Å². The van der Waals surface area contributed by atoms with Gasteiger partial charge in [-0.15, -0.1) is 0 Å². The summed E-state index contributed by atoms with van der Waals surface area (Å²) in [4.78, 5) is 0. The zero-order valence-electron chi connectivity index (χ0n) is 14.3. The molecule has 146 valence electrons. The molecule has 0 aliphatic rings. The molecule has 2 aromatic carbocycles. The second-order valence-electron chi connectivity index (χ2n) is 5.79. The molecule has 3 rings (SSSR count). The van der Waals surface area contributed by atoms with Crippen LogP contribution in [-0.2, 0) is 6.54 Å². The highest BCUT2D eigenvalue weighted by molar-refractivity contribution is 6.32. The van der Waals surface area contributed by atoms with Crippen LogP contribution < -0.4 is 5.43 Å². The monoisotopic (exact) mass is 414 g/mol. The highest BCUT2D eigenvalue weighted by Gasteiger charge is 2.19. The Morgan fingerprint density at radius 3 is 2.29 bits per heavy atom. The van der Waals surface area contributed by atoms with Crippen molar-refractivity contribution < 1.29 is 22.0 Å². The van der Waals surface area contributed by atoms with Gasteiger partial charge in [-0.25, -0.2) is 26.6 Å². The summed E-state index contributed by atoms with van der Waals surface area (Å²) in [7, 11) is 0. The average molecular weight is 415 g/mol. The highest BCUT2D eigenvalue weighted by atomic mass is 35.5. The molecule has 0 aliphatic heterocycles. The van der Waals surface area contributed by atoms with Crippen LogP contribution in [0.2, 0.25) is 5.15 Å². The average Bonchev–Trinajstić information content (AvgIpc) is 2.92. The molecule has 3 aromatic rings. The Balaban J connectivity index is 1.82. The number of hydrogen-bond donors (Lipinski definition) is 1. The molecule has 4 nitrogen and oxygen atoms in total. The van der Waals surface area contributed by atoms with E-state index >= 15 is 0 Å². The van der Waals surface area contributed by atoms with E-state index in [0.29, 0.717) is 11.3 Å². The van der Waals surface area contributed by atoms with E-state index in [0.717, 1.165) is 11.8 Å². The first-order valence-electron chi connectivity index (χ1n) is 7.87. The van der Waals surface area contributed by atoms with Crippen molar-refractivity contribution in [3.8, 4) is 0 Å². The first kappa shape index (κ1) is 19.8. The Morgan fingerprint density at radius 2 is 1.68 bits per heavy atom. The topological polar surface area (TPSA) is 42.2 Å². The first-order valence-corrected chi connectivity index (χ1v) is 8.25. The Bertz CT molecular complexity index is 1020. The van der Waals surface area contributed by atoms with Crippen LogP contribution in [0.1, 0.15) is 16.8 Å². The van der Waals surface area contributed by atoms with Crippen molar-refractivity contribution in [2.45, 2.75) is 13.5 Å². The second kappa shape index (κ2) is 7.97. The van der Waals surface area contributed by atoms with Gasteiger partial charge in [0.1, 0.15) is 16.7 Å². The molecule has 28 heavy (non-hydrogen) atoms. The number of anilines is 1. The maximum Gasteiger partial charge on any atom is 0.186 e. The number of hydrogen-bond acceptors (Lipinski definition) is 3. The lowest BCUT2D eigenvalue weighted by atomic mass is 10.2. The predicted molar refractivity (Wildman–Crippen MR) is 95.0 cm³/mol. The van der Waals surface area contributed by atoms with Gasteiger partial charge in [0.05, 0.1) is 24.0 Å². The van der Waals surface area contributed by atoms with Gasteiger partial charge in [-0.2, -0.15) is 10.2 Å². The van der Waals surface area contributed by atoms with Gasteiger partial charge in [0.15, 0.2) is 23.3 Å². The molecular formula is C18H12ClF5N4. The summed E-state index contributed by atoms with van der Waals surface area (Å²) in [5, 5.41) is 7.98. The number of rotatable bonds is 5. The van der Waals surface area contributed by atoms with E-state index in [1.165, 1.54) is 16.8 Å². The van der Waals surface area contributed by atoms with Crippen LogP contribution in [0, 0.1) is 36.0 Å². The third-order valence-corrected chi connectivity index (χ3v) is 4.24. The third kappa shape index (κ3) is 3.99. The zero-order valence-corrected chi connectivity index (χ0v) is 15.0. The van der Waals surface area contributed by atoms with Gasteiger partial charge in [0.2, 0.25) is 0 Å². The maximum absolute atomic E-state index is 13.6. The number of nitrogens with one attached hydrogen (secondary N) is 1. The molecule has 0 aliphatic carbocycles. The van der Waals surface area contributed by atoms with Gasteiger partial charge in [-0.3, -0.25) is 5.43 Å². The number of aromatic nitrogens is 2. The van der Waals surface area contributed by atoms with E-state index in [2.05, 4.69) is 10.2 Å². The van der Waals surface area contributed by atoms with E-state index in [1.807, 2.05) is 5.43 Å². The quantitative estimate of drug-likeness (QED) is 0.275. The standard InChI is InChI=1S/C18H12ClF5N4/c1-9-12(7-25-26-17-15(23)13(21)6-14(22)16(17)24)18(19)28(27-9)8-10-2-4-11(20)5-3-10/h2-7,26H,8H2,1H3. The summed E-state index contributed by atoms with van der Waals surface area (Å²) < 4.78 is 68.0. The highest BCUT2D eigenvalue weighted by Crippen LogP contribution is 2.24. The van der Waals surface area contributed by atoms with Crippen molar-refractivity contribution in [2.24, 2.45) is 5.10 Å². The minimum atomic E-state index is -1.61. The van der Waals surface area contributed by atoms with Gasteiger partial charge in [0.25, 0.3) is 0 Å². The Hall–Kier alpha value is -2.94. The molecule has 0 fully saturated rings. The molecule has 0 saturated carbocycles. The fourth-order valence-corrected chi connectivity index (χ4v) is 2.70. The van der Waals surface area contributed by atoms with Crippen LogP contribution in [0.4, 0.5) is 27.6 Å². The molecule has 0 radical (unpaired) electrons.